The molecule has 214 valence electrons. The van der Waals surface area contributed by atoms with Crippen molar-refractivity contribution < 1.29 is 47.6 Å². The lowest BCUT2D eigenvalue weighted by Crippen LogP contribution is -2.51. The van der Waals surface area contributed by atoms with Crippen LogP contribution in [0.2, 0.25) is 0 Å². The van der Waals surface area contributed by atoms with E-state index < -0.39 is 54.6 Å². The molecule has 0 spiro atoms. The Morgan fingerprint density at radius 1 is 0.825 bits per heavy atom. The first-order valence-electron chi connectivity index (χ1n) is 12.7. The molecular weight excluding hydrogens is 522 g/mol. The smallest absolute Gasteiger partial charge is 0.408 e. The second-order valence-corrected chi connectivity index (χ2v) is 8.92. The average molecular weight is 556 g/mol. The molecule has 0 saturated heterocycles. The van der Waals surface area contributed by atoms with E-state index in [9.17, 15) is 19.2 Å². The van der Waals surface area contributed by atoms with E-state index >= 15 is 0 Å². The third-order valence-electron chi connectivity index (χ3n) is 5.67. The molecule has 1 heterocycles. The molecule has 11 heteroatoms. The van der Waals surface area contributed by atoms with Crippen LogP contribution in [-0.2, 0) is 56.0 Å². The van der Waals surface area contributed by atoms with Gasteiger partial charge in [0.1, 0.15) is 32.0 Å². The number of alkyl carbamates (subject to hydrolysis) is 1. The van der Waals surface area contributed by atoms with Gasteiger partial charge in [0.25, 0.3) is 0 Å². The molecule has 2 aromatic rings. The van der Waals surface area contributed by atoms with Crippen molar-refractivity contribution in [3.63, 3.8) is 0 Å². The van der Waals surface area contributed by atoms with Crippen molar-refractivity contribution in [1.82, 2.24) is 5.32 Å². The van der Waals surface area contributed by atoms with Gasteiger partial charge in [-0.1, -0.05) is 60.7 Å². The lowest BCUT2D eigenvalue weighted by atomic mass is 10.1. The molecule has 40 heavy (non-hydrogen) atoms. The molecule has 1 N–H and O–H groups in total. The van der Waals surface area contributed by atoms with Crippen LogP contribution in [0.1, 0.15) is 31.9 Å². The van der Waals surface area contributed by atoms with E-state index in [1.165, 1.54) is 19.9 Å². The fraction of sp³-hybridized carbons (Fsp3) is 0.379. The Morgan fingerprint density at radius 3 is 2.00 bits per heavy atom. The topological polar surface area (TPSA) is 136 Å². The Morgan fingerprint density at radius 2 is 1.43 bits per heavy atom. The van der Waals surface area contributed by atoms with Gasteiger partial charge in [-0.15, -0.1) is 0 Å². The zero-order valence-electron chi connectivity index (χ0n) is 22.5. The summed E-state index contributed by atoms with van der Waals surface area (Å²) in [7, 11) is 0. The Labute approximate surface area is 232 Å². The Hall–Kier alpha value is -4.22. The molecule has 0 saturated carbocycles. The molecule has 11 nitrogen and oxygen atoms in total. The molecule has 0 aromatic heterocycles. The number of benzene rings is 2. The molecular formula is C29H33NO10. The Kier molecular flexibility index (Phi) is 11.7. The van der Waals surface area contributed by atoms with Crippen molar-refractivity contribution in [2.45, 2.75) is 64.6 Å². The maximum atomic E-state index is 13.1. The first kappa shape index (κ1) is 30.3. The highest BCUT2D eigenvalue weighted by atomic mass is 16.7. The van der Waals surface area contributed by atoms with Crippen molar-refractivity contribution >= 4 is 24.0 Å². The first-order chi connectivity index (χ1) is 19.2. The maximum absolute atomic E-state index is 13.1. The van der Waals surface area contributed by atoms with Crippen LogP contribution in [0, 0.1) is 0 Å². The van der Waals surface area contributed by atoms with Crippen LogP contribution in [0.3, 0.4) is 0 Å². The van der Waals surface area contributed by atoms with Gasteiger partial charge >= 0.3 is 24.0 Å². The third-order valence-corrected chi connectivity index (χ3v) is 5.67. The summed E-state index contributed by atoms with van der Waals surface area (Å²) in [6.07, 6.45) is -1.46. The summed E-state index contributed by atoms with van der Waals surface area (Å²) < 4.78 is 32.7. The number of hydrogen-bond donors (Lipinski definition) is 1. The first-order valence-corrected chi connectivity index (χ1v) is 12.7. The predicted molar refractivity (Wildman–Crippen MR) is 140 cm³/mol. The van der Waals surface area contributed by atoms with Crippen LogP contribution in [0.25, 0.3) is 0 Å². The van der Waals surface area contributed by atoms with Crippen molar-refractivity contribution in [1.29, 1.82) is 0 Å². The van der Waals surface area contributed by atoms with E-state index in [4.69, 9.17) is 28.4 Å². The minimum atomic E-state index is -1.26. The highest BCUT2D eigenvalue weighted by molar-refractivity contribution is 5.82. The molecule has 5 atom stereocenters. The molecule has 0 unspecified atom stereocenters. The highest BCUT2D eigenvalue weighted by Gasteiger charge is 2.35. The molecule has 3 rings (SSSR count). The average Bonchev–Trinajstić information content (AvgIpc) is 2.94. The van der Waals surface area contributed by atoms with Crippen LogP contribution in [0.4, 0.5) is 4.79 Å². The lowest BCUT2D eigenvalue weighted by molar-refractivity contribution is -0.212. The fourth-order valence-corrected chi connectivity index (χ4v) is 3.71. The van der Waals surface area contributed by atoms with Gasteiger partial charge in [0.2, 0.25) is 0 Å². The SMILES string of the molecule is CC(=O)OC[C@H]1O[C@H](O[C@H](C)[C@H](NC(=O)OCc2ccccc2)C(=O)OCc2ccccc2)C=C[C@@H]1OC(C)=O. The predicted octanol–water partition coefficient (Wildman–Crippen LogP) is 3.21. The zero-order valence-corrected chi connectivity index (χ0v) is 22.5. The zero-order chi connectivity index (χ0) is 28.9. The number of esters is 3. The number of rotatable bonds is 12. The van der Waals surface area contributed by atoms with Crippen LogP contribution in [-0.4, -0.2) is 61.3 Å². The highest BCUT2D eigenvalue weighted by Crippen LogP contribution is 2.20. The second kappa shape index (κ2) is 15.4. The molecule has 2 aromatic carbocycles. The summed E-state index contributed by atoms with van der Waals surface area (Å²) >= 11 is 0. The number of carbonyl (C=O) groups excluding carboxylic acids is 4. The quantitative estimate of drug-likeness (QED) is 0.236. The molecule has 0 radical (unpaired) electrons. The molecule has 1 aliphatic rings. The van der Waals surface area contributed by atoms with Crippen molar-refractivity contribution in [3.8, 4) is 0 Å². The van der Waals surface area contributed by atoms with Gasteiger partial charge in [0, 0.05) is 13.8 Å². The van der Waals surface area contributed by atoms with Crippen LogP contribution < -0.4 is 5.32 Å². The van der Waals surface area contributed by atoms with E-state index in [0.717, 1.165) is 11.1 Å². The number of nitrogens with one attached hydrogen (secondary N) is 1. The van der Waals surface area contributed by atoms with Crippen LogP contribution in [0.15, 0.2) is 72.8 Å². The second-order valence-electron chi connectivity index (χ2n) is 8.92. The Bertz CT molecular complexity index is 1150. The van der Waals surface area contributed by atoms with Gasteiger partial charge in [-0.05, 0) is 30.2 Å². The number of carbonyl (C=O) groups is 4. The monoisotopic (exact) mass is 555 g/mol. The summed E-state index contributed by atoms with van der Waals surface area (Å²) in [5.74, 6) is -1.83. The largest absolute Gasteiger partial charge is 0.463 e. The van der Waals surface area contributed by atoms with E-state index in [0.29, 0.717) is 0 Å². The summed E-state index contributed by atoms with van der Waals surface area (Å²) in [5.41, 5.74) is 1.53. The minimum Gasteiger partial charge on any atom is -0.463 e. The molecule has 1 aliphatic heterocycles. The third kappa shape index (κ3) is 10.2. The van der Waals surface area contributed by atoms with Crippen LogP contribution in [0.5, 0.6) is 0 Å². The van der Waals surface area contributed by atoms with Gasteiger partial charge in [-0.25, -0.2) is 9.59 Å². The van der Waals surface area contributed by atoms with E-state index in [2.05, 4.69) is 5.32 Å². The summed E-state index contributed by atoms with van der Waals surface area (Å²) in [4.78, 5) is 48.5. The van der Waals surface area contributed by atoms with E-state index in [-0.39, 0.29) is 19.8 Å². The van der Waals surface area contributed by atoms with Gasteiger partial charge < -0.3 is 33.7 Å². The van der Waals surface area contributed by atoms with E-state index in [1.807, 2.05) is 36.4 Å². The van der Waals surface area contributed by atoms with Crippen molar-refractivity contribution in [3.05, 3.63) is 83.9 Å². The standard InChI is InChI=1S/C29H33NO10/c1-19(38-26-15-14-24(39-21(3)32)25(40-26)18-35-20(2)31)27(28(33)36-16-22-10-6-4-7-11-22)30-29(34)37-17-23-12-8-5-9-13-23/h4-15,19,24-27H,16-18H2,1-3H3,(H,30,34)/t19-,24+,25-,26+,27+/m1/s1. The van der Waals surface area contributed by atoms with Gasteiger partial charge in [-0.3, -0.25) is 9.59 Å². The summed E-state index contributed by atoms with van der Waals surface area (Å²) in [6, 6.07) is 16.9. The van der Waals surface area contributed by atoms with Gasteiger partial charge in [0.05, 0.1) is 6.10 Å². The summed E-state index contributed by atoms with van der Waals surface area (Å²) in [6.45, 7) is 3.83. The number of ether oxygens (including phenoxy) is 6. The normalized spacial score (nSPS) is 19.5. The minimum absolute atomic E-state index is 0.00245. The van der Waals surface area contributed by atoms with Crippen molar-refractivity contribution in [2.75, 3.05) is 6.61 Å². The van der Waals surface area contributed by atoms with Crippen molar-refractivity contribution in [2.24, 2.45) is 0 Å². The lowest BCUT2D eigenvalue weighted by Gasteiger charge is -2.33. The van der Waals surface area contributed by atoms with E-state index in [1.54, 1.807) is 37.3 Å². The molecule has 0 aliphatic carbocycles. The van der Waals surface area contributed by atoms with Crippen LogP contribution >= 0.6 is 0 Å². The number of hydrogen-bond acceptors (Lipinski definition) is 10. The Balaban J connectivity index is 1.68. The summed E-state index contributed by atoms with van der Waals surface area (Å²) in [5, 5.41) is 2.52. The van der Waals surface area contributed by atoms with Gasteiger partial charge in [-0.2, -0.15) is 0 Å². The molecule has 0 bridgehead atoms. The number of amides is 1. The fourth-order valence-electron chi connectivity index (χ4n) is 3.71. The molecule has 1 amide bonds. The molecule has 0 fully saturated rings. The maximum Gasteiger partial charge on any atom is 0.408 e. The van der Waals surface area contributed by atoms with Gasteiger partial charge in [0.15, 0.2) is 12.3 Å².